The fourth-order valence-electron chi connectivity index (χ4n) is 4.38. The van der Waals surface area contributed by atoms with E-state index in [0.717, 1.165) is 56.0 Å². The van der Waals surface area contributed by atoms with Gasteiger partial charge in [0.25, 0.3) is 0 Å². The molecule has 3 aliphatic rings. The smallest absolute Gasteiger partial charge is 0.249 e. The Bertz CT molecular complexity index is 585. The molecule has 2 aliphatic heterocycles. The molecule has 2 saturated heterocycles. The molecule has 1 aliphatic carbocycles. The third kappa shape index (κ3) is 3.65. The van der Waals surface area contributed by atoms with Crippen LogP contribution in [0.2, 0.25) is 0 Å². The van der Waals surface area contributed by atoms with Crippen LogP contribution in [0.15, 0.2) is 5.38 Å². The summed E-state index contributed by atoms with van der Waals surface area (Å²) in [5.74, 6) is 0.663. The van der Waals surface area contributed by atoms with Crippen LogP contribution >= 0.6 is 11.3 Å². The van der Waals surface area contributed by atoms with Gasteiger partial charge in [0, 0.05) is 24.5 Å². The van der Waals surface area contributed by atoms with E-state index in [2.05, 4.69) is 20.6 Å². The van der Waals surface area contributed by atoms with Crippen molar-refractivity contribution in [3.63, 3.8) is 0 Å². The summed E-state index contributed by atoms with van der Waals surface area (Å²) in [6.45, 7) is 4.95. The number of hydrogen-bond donors (Lipinski definition) is 1. The number of aromatic nitrogens is 1. The first kappa shape index (κ1) is 16.5. The van der Waals surface area contributed by atoms with Crippen LogP contribution < -0.4 is 5.32 Å². The first-order valence-electron chi connectivity index (χ1n) is 9.26. The van der Waals surface area contributed by atoms with E-state index in [1.54, 1.807) is 11.3 Å². The van der Waals surface area contributed by atoms with Crippen LogP contribution in [0.4, 0.5) is 0 Å². The van der Waals surface area contributed by atoms with Gasteiger partial charge in [-0.1, -0.05) is 12.8 Å². The summed E-state index contributed by atoms with van der Waals surface area (Å²) in [6.07, 6.45) is 6.74. The predicted octanol–water partition coefficient (Wildman–Crippen LogP) is 2.49. The number of rotatable bonds is 4. The average Bonchev–Trinajstić information content (AvgIpc) is 3.28. The Hall–Kier alpha value is -0.980. The lowest BCUT2D eigenvalue weighted by molar-refractivity contribution is -0.133. The lowest BCUT2D eigenvalue weighted by Crippen LogP contribution is -2.42. The molecule has 0 bridgehead atoms. The SMILES string of the molecule is Cc1nc(CN2CC[C@@H]3C[C@H](C(=O)NC4CCCC4)O[C@H]3C2)cs1. The van der Waals surface area contributed by atoms with Crippen LogP contribution in [-0.2, 0) is 16.1 Å². The minimum absolute atomic E-state index is 0.123. The number of nitrogens with one attached hydrogen (secondary N) is 1. The number of aryl methyl sites for hydroxylation is 1. The molecule has 4 rings (SSSR count). The van der Waals surface area contributed by atoms with Crippen molar-refractivity contribution in [2.45, 2.75) is 70.2 Å². The van der Waals surface area contributed by atoms with Gasteiger partial charge in [0.2, 0.25) is 5.91 Å². The maximum atomic E-state index is 12.5. The summed E-state index contributed by atoms with van der Waals surface area (Å²) < 4.78 is 6.14. The fourth-order valence-corrected chi connectivity index (χ4v) is 4.98. The average molecular weight is 350 g/mol. The van der Waals surface area contributed by atoms with Crippen LogP contribution in [0.1, 0.15) is 49.2 Å². The molecule has 3 atom stereocenters. The molecule has 6 heteroatoms. The minimum atomic E-state index is -0.234. The summed E-state index contributed by atoms with van der Waals surface area (Å²) >= 11 is 1.71. The van der Waals surface area contributed by atoms with Crippen molar-refractivity contribution in [1.29, 1.82) is 0 Å². The highest BCUT2D eigenvalue weighted by Gasteiger charge is 2.42. The monoisotopic (exact) mass is 349 g/mol. The Balaban J connectivity index is 1.29. The second-order valence-electron chi connectivity index (χ2n) is 7.53. The molecule has 1 aromatic rings. The van der Waals surface area contributed by atoms with E-state index in [1.807, 2.05) is 6.92 Å². The van der Waals surface area contributed by atoms with Crippen LogP contribution in [0, 0.1) is 12.8 Å². The second-order valence-corrected chi connectivity index (χ2v) is 8.59. The lowest BCUT2D eigenvalue weighted by atomic mass is 9.91. The van der Waals surface area contributed by atoms with Gasteiger partial charge in [0.05, 0.1) is 16.8 Å². The van der Waals surface area contributed by atoms with Crippen LogP contribution in [-0.4, -0.2) is 47.1 Å². The highest BCUT2D eigenvalue weighted by atomic mass is 32.1. The van der Waals surface area contributed by atoms with Crippen LogP contribution in [0.3, 0.4) is 0 Å². The summed E-state index contributed by atoms with van der Waals surface area (Å²) in [6, 6.07) is 0.383. The molecule has 5 nitrogen and oxygen atoms in total. The molecular weight excluding hydrogens is 322 g/mol. The molecule has 24 heavy (non-hydrogen) atoms. The van der Waals surface area contributed by atoms with Crippen LogP contribution in [0.5, 0.6) is 0 Å². The summed E-state index contributed by atoms with van der Waals surface area (Å²) in [5.41, 5.74) is 1.16. The zero-order valence-electron chi connectivity index (χ0n) is 14.4. The van der Waals surface area contributed by atoms with Crippen molar-refractivity contribution in [3.05, 3.63) is 16.1 Å². The maximum Gasteiger partial charge on any atom is 0.249 e. The first-order chi connectivity index (χ1) is 11.7. The van der Waals surface area contributed by atoms with E-state index >= 15 is 0 Å². The van der Waals surface area contributed by atoms with Gasteiger partial charge in [0.1, 0.15) is 6.10 Å². The highest BCUT2D eigenvalue weighted by molar-refractivity contribution is 7.09. The van der Waals surface area contributed by atoms with Gasteiger partial charge in [-0.15, -0.1) is 11.3 Å². The predicted molar refractivity (Wildman–Crippen MR) is 93.9 cm³/mol. The highest BCUT2D eigenvalue weighted by Crippen LogP contribution is 2.34. The maximum absolute atomic E-state index is 12.5. The normalized spacial score (nSPS) is 31.3. The number of ether oxygens (including phenoxy) is 1. The Labute approximate surface area is 147 Å². The first-order valence-corrected chi connectivity index (χ1v) is 10.1. The standard InChI is InChI=1S/C18H27N3O2S/c1-12-19-15(11-24-12)9-21-7-6-13-8-16(23-17(13)10-21)18(22)20-14-4-2-3-5-14/h11,13-14,16-17H,2-10H2,1H3,(H,20,22)/t13-,16-,17+/m1/s1. The molecule has 1 amide bonds. The second kappa shape index (κ2) is 7.10. The van der Waals surface area contributed by atoms with E-state index in [9.17, 15) is 4.79 Å². The molecule has 1 N–H and O–H groups in total. The molecule has 132 valence electrons. The zero-order valence-corrected chi connectivity index (χ0v) is 15.2. The zero-order chi connectivity index (χ0) is 16.5. The Morgan fingerprint density at radius 2 is 2.25 bits per heavy atom. The molecule has 0 spiro atoms. The topological polar surface area (TPSA) is 54.5 Å². The van der Waals surface area contributed by atoms with E-state index in [4.69, 9.17) is 4.74 Å². The van der Waals surface area contributed by atoms with Crippen molar-refractivity contribution in [1.82, 2.24) is 15.2 Å². The Morgan fingerprint density at radius 1 is 1.42 bits per heavy atom. The third-order valence-electron chi connectivity index (χ3n) is 5.68. The fraction of sp³-hybridized carbons (Fsp3) is 0.778. The molecule has 3 heterocycles. The number of piperidine rings is 1. The van der Waals surface area contributed by atoms with Crippen molar-refractivity contribution in [3.8, 4) is 0 Å². The number of carbonyl (C=O) groups is 1. The molecule has 0 aromatic carbocycles. The van der Waals surface area contributed by atoms with E-state index in [0.29, 0.717) is 12.0 Å². The quantitative estimate of drug-likeness (QED) is 0.907. The van der Waals surface area contributed by atoms with Gasteiger partial charge in [-0.3, -0.25) is 9.69 Å². The molecule has 1 saturated carbocycles. The number of thiazole rings is 1. The molecule has 0 unspecified atom stereocenters. The van der Waals surface area contributed by atoms with Crippen LogP contribution in [0.25, 0.3) is 0 Å². The number of carbonyl (C=O) groups excluding carboxylic acids is 1. The lowest BCUT2D eigenvalue weighted by Gasteiger charge is -2.33. The van der Waals surface area contributed by atoms with Crippen molar-refractivity contribution in [2.24, 2.45) is 5.92 Å². The third-order valence-corrected chi connectivity index (χ3v) is 6.50. The molecule has 0 radical (unpaired) electrons. The van der Waals surface area contributed by atoms with Crippen molar-refractivity contribution in [2.75, 3.05) is 13.1 Å². The van der Waals surface area contributed by atoms with Gasteiger partial charge < -0.3 is 10.1 Å². The van der Waals surface area contributed by atoms with Gasteiger partial charge >= 0.3 is 0 Å². The summed E-state index contributed by atoms with van der Waals surface area (Å²) in [4.78, 5) is 19.4. The van der Waals surface area contributed by atoms with E-state index in [-0.39, 0.29) is 18.1 Å². The van der Waals surface area contributed by atoms with Gasteiger partial charge in [0.15, 0.2) is 0 Å². The Morgan fingerprint density at radius 3 is 3.00 bits per heavy atom. The number of nitrogens with zero attached hydrogens (tertiary/aromatic N) is 2. The van der Waals surface area contributed by atoms with Gasteiger partial charge in [-0.25, -0.2) is 4.98 Å². The summed E-state index contributed by atoms with van der Waals surface area (Å²) in [7, 11) is 0. The van der Waals surface area contributed by atoms with E-state index < -0.39 is 0 Å². The number of likely N-dealkylation sites (tertiary alicyclic amines) is 1. The van der Waals surface area contributed by atoms with E-state index in [1.165, 1.54) is 12.8 Å². The minimum Gasteiger partial charge on any atom is -0.364 e. The summed E-state index contributed by atoms with van der Waals surface area (Å²) in [5, 5.41) is 6.47. The largest absolute Gasteiger partial charge is 0.364 e. The number of fused-ring (bicyclic) bond motifs is 1. The molecular formula is C18H27N3O2S. The van der Waals surface area contributed by atoms with Crippen molar-refractivity contribution >= 4 is 17.2 Å². The number of hydrogen-bond acceptors (Lipinski definition) is 5. The Kier molecular flexibility index (Phi) is 4.88. The van der Waals surface area contributed by atoms with Crippen molar-refractivity contribution < 1.29 is 9.53 Å². The molecule has 3 fully saturated rings. The number of amides is 1. The van der Waals surface area contributed by atoms with Gasteiger partial charge in [-0.05, 0) is 45.1 Å². The van der Waals surface area contributed by atoms with Gasteiger partial charge in [-0.2, -0.15) is 0 Å². The molecule has 1 aromatic heterocycles.